The molecule has 1 aliphatic rings. The van der Waals surface area contributed by atoms with E-state index >= 15 is 0 Å². The van der Waals surface area contributed by atoms with Crippen LogP contribution in [0.1, 0.15) is 30.0 Å². The highest BCUT2D eigenvalue weighted by atomic mass is 14.5. The van der Waals surface area contributed by atoms with E-state index in [1.165, 1.54) is 28.7 Å². The maximum Gasteiger partial charge on any atom is 0.0181 e. The first kappa shape index (κ1) is 9.47. The fourth-order valence-corrected chi connectivity index (χ4v) is 2.09. The first-order valence-electron chi connectivity index (χ1n) is 5.36. The largest absolute Gasteiger partial charge is 0.326 e. The van der Waals surface area contributed by atoms with Gasteiger partial charge in [0, 0.05) is 6.54 Å². The summed E-state index contributed by atoms with van der Waals surface area (Å²) in [6.45, 7) is 2.86. The van der Waals surface area contributed by atoms with E-state index < -0.39 is 0 Å². The molecule has 2 N–H and O–H groups in total. The van der Waals surface area contributed by atoms with Crippen LogP contribution in [0.3, 0.4) is 0 Å². The molecule has 0 atom stereocenters. The first-order chi connectivity index (χ1) is 6.85. The second-order valence-electron chi connectivity index (χ2n) is 3.82. The van der Waals surface area contributed by atoms with Gasteiger partial charge in [-0.2, -0.15) is 0 Å². The van der Waals surface area contributed by atoms with Gasteiger partial charge in [0.15, 0.2) is 0 Å². The highest BCUT2D eigenvalue weighted by molar-refractivity contribution is 5.71. The van der Waals surface area contributed by atoms with Gasteiger partial charge in [-0.25, -0.2) is 0 Å². The van der Waals surface area contributed by atoms with Gasteiger partial charge < -0.3 is 5.73 Å². The normalized spacial score (nSPS) is 14.9. The molecule has 1 heteroatoms. The summed E-state index contributed by atoms with van der Waals surface area (Å²) in [5.74, 6) is 0. The lowest BCUT2D eigenvalue weighted by molar-refractivity contribution is 0.958. The molecule has 0 bridgehead atoms. The van der Waals surface area contributed by atoms with Crippen LogP contribution in [0.15, 0.2) is 24.3 Å². The van der Waals surface area contributed by atoms with E-state index in [-0.39, 0.29) is 0 Å². The van der Waals surface area contributed by atoms with Gasteiger partial charge in [0.2, 0.25) is 0 Å². The van der Waals surface area contributed by atoms with Gasteiger partial charge in [-0.05, 0) is 41.5 Å². The van der Waals surface area contributed by atoms with Crippen molar-refractivity contribution in [3.63, 3.8) is 0 Å². The van der Waals surface area contributed by atoms with Crippen molar-refractivity contribution in [2.24, 2.45) is 5.73 Å². The van der Waals surface area contributed by atoms with Crippen LogP contribution in [0.4, 0.5) is 0 Å². The fourth-order valence-electron chi connectivity index (χ4n) is 2.09. The molecule has 74 valence electrons. The highest BCUT2D eigenvalue weighted by Crippen LogP contribution is 2.26. The van der Waals surface area contributed by atoms with Crippen LogP contribution in [-0.2, 0) is 12.8 Å². The molecule has 0 radical (unpaired) electrons. The number of rotatable bonds is 2. The molecule has 0 aromatic heterocycles. The number of hydrogen-bond acceptors (Lipinski definition) is 1. The summed E-state index contributed by atoms with van der Waals surface area (Å²) >= 11 is 0. The molecule has 0 fully saturated rings. The van der Waals surface area contributed by atoms with Crippen molar-refractivity contribution in [2.45, 2.75) is 26.2 Å². The van der Waals surface area contributed by atoms with Gasteiger partial charge in [-0.3, -0.25) is 0 Å². The molecule has 14 heavy (non-hydrogen) atoms. The number of aryl methyl sites for hydroxylation is 2. The van der Waals surface area contributed by atoms with Crippen LogP contribution in [0.25, 0.3) is 5.57 Å². The van der Waals surface area contributed by atoms with Crippen molar-refractivity contribution >= 4 is 5.57 Å². The van der Waals surface area contributed by atoms with Crippen LogP contribution in [0.2, 0.25) is 0 Å². The Morgan fingerprint density at radius 1 is 1.36 bits per heavy atom. The smallest absolute Gasteiger partial charge is 0.0181 e. The van der Waals surface area contributed by atoms with Gasteiger partial charge in [-0.1, -0.05) is 31.2 Å². The predicted molar refractivity (Wildman–Crippen MR) is 61.2 cm³/mol. The van der Waals surface area contributed by atoms with Crippen molar-refractivity contribution in [1.29, 1.82) is 0 Å². The molecule has 0 unspecified atom stereocenters. The Morgan fingerprint density at radius 3 is 2.93 bits per heavy atom. The molecule has 1 aromatic carbocycles. The second kappa shape index (κ2) is 3.97. The zero-order valence-electron chi connectivity index (χ0n) is 8.72. The Kier molecular flexibility index (Phi) is 2.69. The third-order valence-electron chi connectivity index (χ3n) is 2.95. The Balaban J connectivity index is 2.43. The van der Waals surface area contributed by atoms with Crippen LogP contribution < -0.4 is 5.73 Å². The van der Waals surface area contributed by atoms with E-state index in [2.05, 4.69) is 31.2 Å². The fraction of sp³-hybridized carbons (Fsp3) is 0.385. The molecule has 0 heterocycles. The van der Waals surface area contributed by atoms with Gasteiger partial charge in [0.25, 0.3) is 0 Å². The van der Waals surface area contributed by atoms with Crippen LogP contribution in [0, 0.1) is 0 Å². The standard InChI is InChI=1S/C13H17N/c1-2-10-6-7-13-11(8-10)4-3-5-12(13)9-14/h5-8H,2-4,9,14H2,1H3. The van der Waals surface area contributed by atoms with Gasteiger partial charge in [0.05, 0.1) is 0 Å². The van der Waals surface area contributed by atoms with E-state index in [1.807, 2.05) is 0 Å². The van der Waals surface area contributed by atoms with E-state index in [0.29, 0.717) is 6.54 Å². The number of hydrogen-bond donors (Lipinski definition) is 1. The molecular weight excluding hydrogens is 170 g/mol. The SMILES string of the molecule is CCc1ccc2c(c1)CCC=C2CN. The number of allylic oxidation sites excluding steroid dienone is 1. The summed E-state index contributed by atoms with van der Waals surface area (Å²) < 4.78 is 0. The summed E-state index contributed by atoms with van der Waals surface area (Å²) in [5, 5.41) is 0. The molecular formula is C13H17N. The van der Waals surface area contributed by atoms with Crippen LogP contribution in [-0.4, -0.2) is 6.54 Å². The predicted octanol–water partition coefficient (Wildman–Crippen LogP) is 2.54. The maximum atomic E-state index is 5.72. The third-order valence-corrected chi connectivity index (χ3v) is 2.95. The molecule has 1 aliphatic carbocycles. The minimum Gasteiger partial charge on any atom is -0.326 e. The summed E-state index contributed by atoms with van der Waals surface area (Å²) in [7, 11) is 0. The number of benzene rings is 1. The summed E-state index contributed by atoms with van der Waals surface area (Å²) in [4.78, 5) is 0. The first-order valence-corrected chi connectivity index (χ1v) is 5.36. The Bertz CT molecular complexity index is 363. The number of fused-ring (bicyclic) bond motifs is 1. The molecule has 0 amide bonds. The molecule has 0 aliphatic heterocycles. The monoisotopic (exact) mass is 187 g/mol. The molecule has 0 saturated carbocycles. The molecule has 1 nitrogen and oxygen atoms in total. The average Bonchev–Trinajstić information content (AvgIpc) is 2.27. The Morgan fingerprint density at radius 2 is 2.21 bits per heavy atom. The third kappa shape index (κ3) is 1.60. The van der Waals surface area contributed by atoms with Crippen LogP contribution >= 0.6 is 0 Å². The highest BCUT2D eigenvalue weighted by Gasteiger charge is 2.10. The van der Waals surface area contributed by atoms with E-state index in [0.717, 1.165) is 12.8 Å². The summed E-state index contributed by atoms with van der Waals surface area (Å²) in [6.07, 6.45) is 5.71. The molecule has 0 spiro atoms. The zero-order chi connectivity index (χ0) is 9.97. The summed E-state index contributed by atoms with van der Waals surface area (Å²) in [5.41, 5.74) is 11.3. The van der Waals surface area contributed by atoms with Crippen LogP contribution in [0.5, 0.6) is 0 Å². The van der Waals surface area contributed by atoms with Crippen molar-refractivity contribution < 1.29 is 0 Å². The minimum absolute atomic E-state index is 0.665. The Hall–Kier alpha value is -1.08. The Labute approximate surface area is 85.6 Å². The minimum atomic E-state index is 0.665. The lowest BCUT2D eigenvalue weighted by Crippen LogP contribution is -2.08. The van der Waals surface area contributed by atoms with E-state index in [9.17, 15) is 0 Å². The molecule has 1 aromatic rings. The van der Waals surface area contributed by atoms with E-state index in [1.54, 1.807) is 0 Å². The molecule has 0 saturated heterocycles. The quantitative estimate of drug-likeness (QED) is 0.756. The van der Waals surface area contributed by atoms with Crippen molar-refractivity contribution in [3.8, 4) is 0 Å². The summed E-state index contributed by atoms with van der Waals surface area (Å²) in [6, 6.07) is 6.78. The second-order valence-corrected chi connectivity index (χ2v) is 3.82. The van der Waals surface area contributed by atoms with Crippen molar-refractivity contribution in [3.05, 3.63) is 41.0 Å². The van der Waals surface area contributed by atoms with Crippen molar-refractivity contribution in [1.82, 2.24) is 0 Å². The van der Waals surface area contributed by atoms with Gasteiger partial charge in [0.1, 0.15) is 0 Å². The van der Waals surface area contributed by atoms with E-state index in [4.69, 9.17) is 5.73 Å². The van der Waals surface area contributed by atoms with Crippen molar-refractivity contribution in [2.75, 3.05) is 6.54 Å². The molecule has 2 rings (SSSR count). The van der Waals surface area contributed by atoms with Gasteiger partial charge >= 0.3 is 0 Å². The zero-order valence-corrected chi connectivity index (χ0v) is 8.72. The lowest BCUT2D eigenvalue weighted by atomic mass is 9.89. The number of nitrogens with two attached hydrogens (primary N) is 1. The lowest BCUT2D eigenvalue weighted by Gasteiger charge is -2.17. The average molecular weight is 187 g/mol. The topological polar surface area (TPSA) is 26.0 Å². The van der Waals surface area contributed by atoms with Gasteiger partial charge in [-0.15, -0.1) is 0 Å². The maximum absolute atomic E-state index is 5.72.